The second-order valence-electron chi connectivity index (χ2n) is 4.99. The first-order valence-corrected chi connectivity index (χ1v) is 9.15. The molecular weight excluding hydrogens is 322 g/mol. The van der Waals surface area contributed by atoms with Crippen LogP contribution in [0.15, 0.2) is 46.9 Å². The maximum absolute atomic E-state index is 9.18. The summed E-state index contributed by atoms with van der Waals surface area (Å²) in [5, 5.41) is 0.761. The highest BCUT2D eigenvalue weighted by molar-refractivity contribution is 6.31. The number of ether oxygens (including phenoxy) is 1. The summed E-state index contributed by atoms with van der Waals surface area (Å²) in [5.74, 6) is 0. The molecule has 0 amide bonds. The lowest BCUT2D eigenvalue weighted by Gasteiger charge is -2.24. The van der Waals surface area contributed by atoms with Gasteiger partial charge in [0.15, 0.2) is 0 Å². The molecule has 0 spiro atoms. The number of nitrogens with zero attached hydrogens (tertiary/aromatic N) is 1. The molecule has 0 bridgehead atoms. The molecule has 138 valence electrons. The van der Waals surface area contributed by atoms with Crippen molar-refractivity contribution in [1.29, 1.82) is 0 Å². The summed E-state index contributed by atoms with van der Waals surface area (Å²) < 4.78 is 4.15. The molecule has 0 fully saturated rings. The van der Waals surface area contributed by atoms with Crippen molar-refractivity contribution < 1.29 is 9.53 Å². The van der Waals surface area contributed by atoms with E-state index in [1.54, 1.807) is 6.92 Å². The van der Waals surface area contributed by atoms with Crippen LogP contribution in [-0.2, 0) is 9.53 Å². The van der Waals surface area contributed by atoms with E-state index in [1.807, 2.05) is 37.9 Å². The van der Waals surface area contributed by atoms with E-state index in [1.165, 1.54) is 18.4 Å². The Hall–Kier alpha value is -1.48. The van der Waals surface area contributed by atoms with Crippen LogP contribution in [0.5, 0.6) is 0 Å². The van der Waals surface area contributed by atoms with Crippen LogP contribution in [0.1, 0.15) is 67.2 Å². The van der Waals surface area contributed by atoms with Crippen LogP contribution in [0.2, 0.25) is 0 Å². The SMILES string of the molecule is C=C1C(C)=CC(Cl)=CN1/C=C(/CC)CCCC.CC.CCOC=O. The molecule has 1 heterocycles. The highest BCUT2D eigenvalue weighted by Crippen LogP contribution is 2.26. The fourth-order valence-corrected chi connectivity index (χ4v) is 2.13. The molecule has 0 aromatic rings. The first kappa shape index (κ1) is 24.8. The number of allylic oxidation sites excluding steroid dienone is 4. The number of rotatable bonds is 7. The number of unbranched alkanes of at least 4 members (excludes halogenated alkanes) is 1. The zero-order valence-corrected chi connectivity index (χ0v) is 16.9. The van der Waals surface area contributed by atoms with E-state index in [4.69, 9.17) is 11.6 Å². The van der Waals surface area contributed by atoms with E-state index in [0.717, 1.165) is 29.1 Å². The predicted molar refractivity (Wildman–Crippen MR) is 106 cm³/mol. The lowest BCUT2D eigenvalue weighted by Crippen LogP contribution is -2.14. The first-order chi connectivity index (χ1) is 11.5. The quantitative estimate of drug-likeness (QED) is 0.486. The summed E-state index contributed by atoms with van der Waals surface area (Å²) in [6.07, 6.45) is 10.8. The van der Waals surface area contributed by atoms with E-state index in [0.29, 0.717) is 13.1 Å². The van der Waals surface area contributed by atoms with Crippen LogP contribution in [0, 0.1) is 0 Å². The highest BCUT2D eigenvalue weighted by Gasteiger charge is 2.11. The van der Waals surface area contributed by atoms with Crippen LogP contribution in [0.3, 0.4) is 0 Å². The molecule has 0 saturated carbocycles. The second-order valence-corrected chi connectivity index (χ2v) is 5.43. The van der Waals surface area contributed by atoms with Crippen molar-refractivity contribution in [3.05, 3.63) is 46.9 Å². The normalized spacial score (nSPS) is 13.7. The van der Waals surface area contributed by atoms with Crippen molar-refractivity contribution in [3.8, 4) is 0 Å². The van der Waals surface area contributed by atoms with E-state index < -0.39 is 0 Å². The third-order valence-electron chi connectivity index (χ3n) is 3.25. The minimum Gasteiger partial charge on any atom is -0.468 e. The van der Waals surface area contributed by atoms with Gasteiger partial charge in [-0.2, -0.15) is 0 Å². The van der Waals surface area contributed by atoms with Gasteiger partial charge in [0.1, 0.15) is 0 Å². The van der Waals surface area contributed by atoms with Gasteiger partial charge in [0.05, 0.1) is 11.6 Å². The molecule has 0 unspecified atom stereocenters. The Bertz CT molecular complexity index is 451. The minimum atomic E-state index is 0.431. The molecule has 0 atom stereocenters. The van der Waals surface area contributed by atoms with Crippen molar-refractivity contribution in [2.24, 2.45) is 0 Å². The van der Waals surface area contributed by atoms with Crippen LogP contribution in [0.25, 0.3) is 0 Å². The van der Waals surface area contributed by atoms with E-state index >= 15 is 0 Å². The molecule has 24 heavy (non-hydrogen) atoms. The molecule has 4 heteroatoms. The molecule has 0 radical (unpaired) electrons. The largest absolute Gasteiger partial charge is 0.468 e. The molecular formula is C20H34ClNO2. The van der Waals surface area contributed by atoms with Crippen molar-refractivity contribution in [1.82, 2.24) is 4.90 Å². The predicted octanol–water partition coefficient (Wildman–Crippen LogP) is 6.53. The van der Waals surface area contributed by atoms with Crippen molar-refractivity contribution in [2.45, 2.75) is 67.2 Å². The average Bonchev–Trinajstić information content (AvgIpc) is 2.58. The maximum atomic E-state index is 9.18. The van der Waals surface area contributed by atoms with Gasteiger partial charge in [-0.3, -0.25) is 4.79 Å². The van der Waals surface area contributed by atoms with Crippen LogP contribution in [-0.4, -0.2) is 18.0 Å². The van der Waals surface area contributed by atoms with Crippen molar-refractivity contribution in [2.75, 3.05) is 6.61 Å². The summed E-state index contributed by atoms with van der Waals surface area (Å²) in [4.78, 5) is 11.2. The van der Waals surface area contributed by atoms with Gasteiger partial charge in [-0.25, -0.2) is 0 Å². The number of hydrogen-bond donors (Lipinski definition) is 0. The van der Waals surface area contributed by atoms with Crippen molar-refractivity contribution >= 4 is 18.1 Å². The Morgan fingerprint density at radius 1 is 1.33 bits per heavy atom. The van der Waals surface area contributed by atoms with E-state index in [-0.39, 0.29) is 0 Å². The second kappa shape index (κ2) is 16.4. The van der Waals surface area contributed by atoms with Crippen LogP contribution < -0.4 is 0 Å². The summed E-state index contributed by atoms with van der Waals surface area (Å²) in [5.41, 5.74) is 3.58. The first-order valence-electron chi connectivity index (χ1n) is 8.78. The summed E-state index contributed by atoms with van der Waals surface area (Å²) in [6, 6.07) is 0. The number of carbonyl (C=O) groups is 1. The third-order valence-corrected chi connectivity index (χ3v) is 3.45. The topological polar surface area (TPSA) is 29.5 Å². The van der Waals surface area contributed by atoms with Gasteiger partial charge in [-0.15, -0.1) is 0 Å². The molecule has 1 rings (SSSR count). The van der Waals surface area contributed by atoms with Gasteiger partial charge < -0.3 is 9.64 Å². The highest BCUT2D eigenvalue weighted by atomic mass is 35.5. The van der Waals surface area contributed by atoms with Crippen LogP contribution in [0.4, 0.5) is 0 Å². The monoisotopic (exact) mass is 355 g/mol. The molecule has 0 saturated heterocycles. The van der Waals surface area contributed by atoms with Gasteiger partial charge in [-0.1, -0.05) is 57.9 Å². The zero-order chi connectivity index (χ0) is 19.0. The summed E-state index contributed by atoms with van der Waals surface area (Å²) in [6.45, 7) is 17.2. The fraction of sp³-hybridized carbons (Fsp3) is 0.550. The molecule has 0 aromatic heterocycles. The van der Waals surface area contributed by atoms with Gasteiger partial charge >= 0.3 is 0 Å². The van der Waals surface area contributed by atoms with E-state index in [9.17, 15) is 4.79 Å². The Labute approximate surface area is 153 Å². The number of halogens is 1. The van der Waals surface area contributed by atoms with Crippen LogP contribution >= 0.6 is 11.6 Å². The van der Waals surface area contributed by atoms with E-state index in [2.05, 4.69) is 31.4 Å². The zero-order valence-electron chi connectivity index (χ0n) is 16.2. The Morgan fingerprint density at radius 2 is 1.96 bits per heavy atom. The van der Waals surface area contributed by atoms with Gasteiger partial charge in [0.2, 0.25) is 0 Å². The average molecular weight is 356 g/mol. The number of carbonyl (C=O) groups excluding carboxylic acids is 1. The summed E-state index contributed by atoms with van der Waals surface area (Å²) in [7, 11) is 0. The third kappa shape index (κ3) is 11.1. The smallest absolute Gasteiger partial charge is 0.293 e. The maximum Gasteiger partial charge on any atom is 0.293 e. The standard InChI is InChI=1S/C15H22ClN.C3H6O2.C2H6/c1-5-7-8-14(6-2)10-17-11-15(16)9-12(3)13(17)4;1-2-5-3-4;1-2/h9-11H,4-8H2,1-3H3;3H,2H2,1H3;1-2H3/b14-10-;;. The van der Waals surface area contributed by atoms with Crippen molar-refractivity contribution in [3.63, 3.8) is 0 Å². The lowest BCUT2D eigenvalue weighted by molar-refractivity contribution is -0.128. The van der Waals surface area contributed by atoms with Gasteiger partial charge in [0, 0.05) is 18.1 Å². The fourth-order valence-electron chi connectivity index (χ4n) is 1.86. The Kier molecular flexibility index (Phi) is 16.9. The Balaban J connectivity index is 0. The Morgan fingerprint density at radius 3 is 2.38 bits per heavy atom. The molecule has 0 N–H and O–H groups in total. The molecule has 0 aliphatic carbocycles. The lowest BCUT2D eigenvalue weighted by atomic mass is 10.1. The van der Waals surface area contributed by atoms with Gasteiger partial charge in [-0.05, 0) is 44.8 Å². The molecule has 1 aliphatic rings. The minimum absolute atomic E-state index is 0.431. The van der Waals surface area contributed by atoms with Gasteiger partial charge in [0.25, 0.3) is 6.47 Å². The molecule has 0 aromatic carbocycles. The summed E-state index contributed by atoms with van der Waals surface area (Å²) >= 11 is 6.08. The molecule has 3 nitrogen and oxygen atoms in total. The molecule has 1 aliphatic heterocycles. The number of hydrogen-bond acceptors (Lipinski definition) is 3.